The highest BCUT2D eigenvalue weighted by Crippen LogP contribution is 2.36. The molecule has 0 spiro atoms. The van der Waals surface area contributed by atoms with Crippen LogP contribution in [0.5, 0.6) is 11.5 Å². The van der Waals surface area contributed by atoms with Crippen molar-refractivity contribution in [3.8, 4) is 11.5 Å². The van der Waals surface area contributed by atoms with Crippen LogP contribution in [0.2, 0.25) is 0 Å². The van der Waals surface area contributed by atoms with E-state index in [1.165, 1.54) is 29.2 Å². The molecule has 2 aliphatic rings. The van der Waals surface area contributed by atoms with E-state index < -0.39 is 6.10 Å². The van der Waals surface area contributed by atoms with Gasteiger partial charge in [0.2, 0.25) is 5.90 Å². The Morgan fingerprint density at radius 2 is 1.81 bits per heavy atom. The van der Waals surface area contributed by atoms with Crippen LogP contribution in [0.15, 0.2) is 60.7 Å². The lowest BCUT2D eigenvalue weighted by Crippen LogP contribution is -2.34. The number of hydrogen-bond acceptors (Lipinski definition) is 6. The van der Waals surface area contributed by atoms with Gasteiger partial charge in [0.15, 0.2) is 12.0 Å². The van der Waals surface area contributed by atoms with Gasteiger partial charge in [-0.2, -0.15) is 0 Å². The molecule has 3 aromatic rings. The van der Waals surface area contributed by atoms with E-state index in [4.69, 9.17) is 25.0 Å². The zero-order chi connectivity index (χ0) is 24.9. The van der Waals surface area contributed by atoms with Crippen molar-refractivity contribution in [2.75, 3.05) is 26.2 Å². The first kappa shape index (κ1) is 24.3. The molecule has 6 nitrogen and oxygen atoms in total. The Hall–Kier alpha value is -3.38. The highest BCUT2D eigenvalue weighted by molar-refractivity contribution is 5.91. The quantitative estimate of drug-likeness (QED) is 0.227. The van der Waals surface area contributed by atoms with E-state index in [1.54, 1.807) is 0 Å². The number of hydrogen-bond donors (Lipinski definition) is 2. The van der Waals surface area contributed by atoms with E-state index in [0.717, 1.165) is 43.1 Å². The maximum Gasteiger partial charge on any atom is 0.230 e. The van der Waals surface area contributed by atoms with E-state index >= 15 is 0 Å². The lowest BCUT2D eigenvalue weighted by atomic mass is 9.88. The molecule has 1 fully saturated rings. The minimum Gasteiger partial charge on any atom is -0.493 e. The van der Waals surface area contributed by atoms with Crippen LogP contribution in [-0.2, 0) is 11.2 Å². The first-order chi connectivity index (χ1) is 17.6. The SMILES string of the molecule is CCC(=N)OC(=N)C1Cc2c(OCCCN3CCC(c4ccc5ccccc5c4)CC3)cccc2O1. The second-order valence-electron chi connectivity index (χ2n) is 9.71. The minimum atomic E-state index is -0.499. The van der Waals surface area contributed by atoms with Gasteiger partial charge in [-0.15, -0.1) is 0 Å². The van der Waals surface area contributed by atoms with Crippen molar-refractivity contribution < 1.29 is 14.2 Å². The predicted molar refractivity (Wildman–Crippen MR) is 144 cm³/mol. The second-order valence-corrected chi connectivity index (χ2v) is 9.71. The lowest BCUT2D eigenvalue weighted by molar-refractivity contribution is 0.192. The molecule has 2 heterocycles. The molecule has 0 radical (unpaired) electrons. The summed E-state index contributed by atoms with van der Waals surface area (Å²) in [6.07, 6.45) is 3.87. The number of ether oxygens (including phenoxy) is 3. The smallest absolute Gasteiger partial charge is 0.230 e. The second kappa shape index (κ2) is 11.1. The van der Waals surface area contributed by atoms with Crippen LogP contribution < -0.4 is 9.47 Å². The Bertz CT molecular complexity index is 1230. The van der Waals surface area contributed by atoms with Gasteiger partial charge in [0.05, 0.1) is 6.61 Å². The summed E-state index contributed by atoms with van der Waals surface area (Å²) in [6.45, 7) is 5.78. The number of piperidine rings is 1. The molecule has 6 heteroatoms. The molecule has 36 heavy (non-hydrogen) atoms. The van der Waals surface area contributed by atoms with Gasteiger partial charge in [0, 0.05) is 24.9 Å². The molecule has 0 saturated carbocycles. The summed E-state index contributed by atoms with van der Waals surface area (Å²) < 4.78 is 17.3. The van der Waals surface area contributed by atoms with Crippen LogP contribution in [0.25, 0.3) is 10.8 Å². The summed E-state index contributed by atoms with van der Waals surface area (Å²) in [6, 6.07) is 21.3. The van der Waals surface area contributed by atoms with Crippen LogP contribution in [-0.4, -0.2) is 49.0 Å². The van der Waals surface area contributed by atoms with Crippen molar-refractivity contribution in [3.63, 3.8) is 0 Å². The van der Waals surface area contributed by atoms with E-state index in [1.807, 2.05) is 25.1 Å². The first-order valence-corrected chi connectivity index (χ1v) is 13.1. The van der Waals surface area contributed by atoms with Crippen LogP contribution in [0.1, 0.15) is 49.7 Å². The van der Waals surface area contributed by atoms with Crippen molar-refractivity contribution in [1.82, 2.24) is 4.90 Å². The molecule has 1 saturated heterocycles. The van der Waals surface area contributed by atoms with Gasteiger partial charge >= 0.3 is 0 Å². The molecule has 188 valence electrons. The Labute approximate surface area is 213 Å². The molecule has 0 aliphatic carbocycles. The molecule has 2 N–H and O–H groups in total. The van der Waals surface area contributed by atoms with Crippen molar-refractivity contribution in [2.45, 2.75) is 51.0 Å². The third-order valence-electron chi connectivity index (χ3n) is 7.30. The predicted octanol–water partition coefficient (Wildman–Crippen LogP) is 6.17. The molecule has 0 aromatic heterocycles. The highest BCUT2D eigenvalue weighted by atomic mass is 16.5. The molecule has 1 atom stereocenters. The lowest BCUT2D eigenvalue weighted by Gasteiger charge is -2.32. The number of rotatable bonds is 8. The summed E-state index contributed by atoms with van der Waals surface area (Å²) >= 11 is 0. The van der Waals surface area contributed by atoms with Crippen LogP contribution in [0, 0.1) is 10.8 Å². The summed E-state index contributed by atoms with van der Waals surface area (Å²) in [5, 5.41) is 18.4. The van der Waals surface area contributed by atoms with Crippen molar-refractivity contribution in [2.24, 2.45) is 0 Å². The molecule has 2 aliphatic heterocycles. The average Bonchev–Trinajstić information content (AvgIpc) is 3.36. The van der Waals surface area contributed by atoms with E-state index in [0.29, 0.717) is 25.4 Å². The average molecular weight is 486 g/mol. The maximum atomic E-state index is 8.12. The molecule has 3 aromatic carbocycles. The van der Waals surface area contributed by atoms with Gasteiger partial charge < -0.3 is 19.1 Å². The fourth-order valence-electron chi connectivity index (χ4n) is 5.21. The first-order valence-electron chi connectivity index (χ1n) is 13.1. The molecule has 1 unspecified atom stereocenters. The maximum absolute atomic E-state index is 8.12. The molecule has 0 amide bonds. The molecule has 0 bridgehead atoms. The van der Waals surface area contributed by atoms with Crippen LogP contribution >= 0.6 is 0 Å². The van der Waals surface area contributed by atoms with Gasteiger partial charge in [-0.3, -0.25) is 10.8 Å². The largest absolute Gasteiger partial charge is 0.493 e. The summed E-state index contributed by atoms with van der Waals surface area (Å²) in [4.78, 5) is 2.55. The summed E-state index contributed by atoms with van der Waals surface area (Å²) in [5.74, 6) is 2.27. The fourth-order valence-corrected chi connectivity index (χ4v) is 5.21. The molecular weight excluding hydrogens is 450 g/mol. The number of nitrogens with one attached hydrogen (secondary N) is 2. The van der Waals surface area contributed by atoms with Crippen LogP contribution in [0.4, 0.5) is 0 Å². The fraction of sp³-hybridized carbons (Fsp3) is 0.400. The van der Waals surface area contributed by atoms with Gasteiger partial charge in [-0.05, 0) is 66.7 Å². The monoisotopic (exact) mass is 485 g/mol. The standard InChI is InChI=1S/C30H35N3O3/c1-2-29(31)36-30(32)28-20-25-26(9-5-10-27(25)35-28)34-18-6-15-33-16-13-22(14-17-33)24-12-11-21-7-3-4-8-23(21)19-24/h3-5,7-12,19,22,28,31-32H,2,6,13-18,20H2,1H3. The van der Waals surface area contributed by atoms with Crippen molar-refractivity contribution in [3.05, 3.63) is 71.8 Å². The van der Waals surface area contributed by atoms with Crippen LogP contribution in [0.3, 0.4) is 0 Å². The van der Waals surface area contributed by atoms with Crippen molar-refractivity contribution >= 4 is 22.6 Å². The van der Waals surface area contributed by atoms with Gasteiger partial charge in [0.1, 0.15) is 11.5 Å². The number of fused-ring (bicyclic) bond motifs is 2. The number of benzene rings is 3. The minimum absolute atomic E-state index is 0.0175. The third-order valence-corrected chi connectivity index (χ3v) is 7.30. The molecular formula is C30H35N3O3. The van der Waals surface area contributed by atoms with Gasteiger partial charge in [0.25, 0.3) is 0 Å². The summed E-state index contributed by atoms with van der Waals surface area (Å²) in [5.41, 5.74) is 2.45. The Kier molecular flexibility index (Phi) is 7.52. The van der Waals surface area contributed by atoms with Gasteiger partial charge in [-0.1, -0.05) is 55.5 Å². The Morgan fingerprint density at radius 3 is 2.61 bits per heavy atom. The zero-order valence-electron chi connectivity index (χ0n) is 21.0. The number of nitrogens with zero attached hydrogens (tertiary/aromatic N) is 1. The van der Waals surface area contributed by atoms with Gasteiger partial charge in [-0.25, -0.2) is 0 Å². The van der Waals surface area contributed by atoms with E-state index in [9.17, 15) is 0 Å². The zero-order valence-corrected chi connectivity index (χ0v) is 21.0. The summed E-state index contributed by atoms with van der Waals surface area (Å²) in [7, 11) is 0. The van der Waals surface area contributed by atoms with E-state index in [-0.39, 0.29) is 11.8 Å². The van der Waals surface area contributed by atoms with Crippen molar-refractivity contribution in [1.29, 1.82) is 10.8 Å². The normalized spacial score (nSPS) is 18.0. The Morgan fingerprint density at radius 1 is 1.00 bits per heavy atom. The number of likely N-dealkylation sites (tertiary alicyclic amines) is 1. The Balaban J connectivity index is 1.07. The third kappa shape index (κ3) is 5.54. The molecule has 5 rings (SSSR count). The highest BCUT2D eigenvalue weighted by Gasteiger charge is 2.31. The topological polar surface area (TPSA) is 78.6 Å². The van der Waals surface area contributed by atoms with E-state index in [2.05, 4.69) is 47.4 Å².